The van der Waals surface area contributed by atoms with Crippen LogP contribution in [0, 0.1) is 6.43 Å². The van der Waals surface area contributed by atoms with Gasteiger partial charge in [-0.2, -0.15) is 8.42 Å². The zero-order valence-corrected chi connectivity index (χ0v) is 21.2. The Morgan fingerprint density at radius 2 is 0.806 bits per heavy atom. The molecule has 0 aromatic carbocycles. The molecular weight excluding hydrogens is 740 g/mol. The van der Waals surface area contributed by atoms with Gasteiger partial charge < -0.3 is 13.9 Å². The zero-order chi connectivity index (χ0) is 22.6. The first-order valence-electron chi connectivity index (χ1n) is 5.77. The van der Waals surface area contributed by atoms with Crippen LogP contribution in [-0.4, -0.2) is 47.0 Å². The molecule has 0 radical (unpaired) electrons. The largest absolute Gasteiger partial charge is 0.414 e. The summed E-state index contributed by atoms with van der Waals surface area (Å²) < 4.78 is 152. The maximum atomic E-state index is 11.7. The molecular formula is C14H30F11O4RfS-. The molecule has 0 aromatic rings. The molecule has 0 spiro atoms. The molecule has 4 nitrogen and oxygen atoms in total. The Kier molecular flexibility index (Phi) is 25.0. The molecule has 0 aliphatic heterocycles. The first-order valence-corrected chi connectivity index (χ1v) is 7.21. The van der Waals surface area contributed by atoms with Crippen molar-refractivity contribution in [3.63, 3.8) is 0 Å². The molecule has 0 fully saturated rings. The van der Waals surface area contributed by atoms with E-state index in [1.54, 1.807) is 0 Å². The Labute approximate surface area is 170 Å². The van der Waals surface area contributed by atoms with E-state index >= 15 is 0 Å². The van der Waals surface area contributed by atoms with E-state index in [0.29, 0.717) is 13.8 Å². The maximum absolute atomic E-state index is 11.7. The van der Waals surface area contributed by atoms with Gasteiger partial charge in [0.2, 0.25) is 0 Å². The summed E-state index contributed by atoms with van der Waals surface area (Å²) in [5.74, 6) is -14.9. The number of aliphatic hydroxyl groups is 1. The molecule has 1 atom stereocenters. The fourth-order valence-electron chi connectivity index (χ4n) is 0.0975. The van der Waals surface area contributed by atoms with Gasteiger partial charge in [0.05, 0.1) is 6.43 Å². The third kappa shape index (κ3) is 19.8. The number of rotatable bonds is 4. The number of hydrogen-bond donors (Lipinski definition) is 2. The average Bonchev–Trinajstić information content (AvgIpc) is 2.22. The van der Waals surface area contributed by atoms with Gasteiger partial charge in [0, 0.05) is 27.7 Å². The van der Waals surface area contributed by atoms with Gasteiger partial charge in [0.25, 0.3) is 5.85 Å². The second-order valence-electron chi connectivity index (χ2n) is 4.87. The van der Waals surface area contributed by atoms with Gasteiger partial charge in [-0.1, -0.05) is 29.7 Å². The minimum absolute atomic E-state index is 0. The van der Waals surface area contributed by atoms with Crippen molar-refractivity contribution in [3.8, 4) is 0 Å². The van der Waals surface area contributed by atoms with E-state index in [1.807, 2.05) is 0 Å². The Morgan fingerprint density at radius 3 is 0.806 bits per heavy atom. The summed E-state index contributed by atoms with van der Waals surface area (Å²) in [5.41, 5.74) is 0. The Balaban J connectivity index is -0.0000000398. The molecule has 0 aromatic heterocycles. The van der Waals surface area contributed by atoms with E-state index in [2.05, 4.69) is 0 Å². The summed E-state index contributed by atoms with van der Waals surface area (Å²) in [7, 11) is -6.02. The molecule has 1 unspecified atom stereocenters. The van der Waals surface area contributed by atoms with Gasteiger partial charge in [-0.15, -0.1) is 0 Å². The fourth-order valence-corrected chi connectivity index (χ4v) is 0.292. The second-order valence-corrected chi connectivity index (χ2v) is 6.33. The molecule has 0 aliphatic rings. The van der Waals surface area contributed by atoms with E-state index in [-0.39, 0.29) is 43.6 Å². The van der Waals surface area contributed by atoms with E-state index < -0.39 is 45.4 Å². The van der Waals surface area contributed by atoms with Gasteiger partial charge in [-0.25, -0.2) is 39.5 Å². The van der Waals surface area contributed by atoms with E-state index in [9.17, 15) is 56.7 Å². The number of halogens is 11. The molecule has 2 N–H and O–H groups in total. The summed E-state index contributed by atoms with van der Waals surface area (Å²) in [5, 5.41) is 2.49. The summed E-state index contributed by atoms with van der Waals surface area (Å²) >= 11 is 0. The molecule has 31 heavy (non-hydrogen) atoms. The first kappa shape index (κ1) is 51.6. The molecule has 0 heterocycles. The minimum atomic E-state index is -6.02. The van der Waals surface area contributed by atoms with Gasteiger partial charge in [0.15, 0.2) is 0 Å². The smallest absolute Gasteiger partial charge is 0.312 e. The van der Waals surface area contributed by atoms with Crippen LogP contribution in [0.4, 0.5) is 48.3 Å². The Hall–Kier alpha value is -1.90. The van der Waals surface area contributed by atoms with Gasteiger partial charge in [-0.3, -0.25) is 4.55 Å². The number of hydrogen-bond acceptors (Lipinski definition) is 3. The quantitative estimate of drug-likeness (QED) is 0.183. The van der Waals surface area contributed by atoms with Crippen molar-refractivity contribution in [2.45, 2.75) is 86.3 Å². The van der Waals surface area contributed by atoms with Crippen molar-refractivity contribution in [1.82, 2.24) is 0 Å². The molecule has 0 amide bonds. The van der Waals surface area contributed by atoms with Gasteiger partial charge >= 0.3 is 33.1 Å². The molecule has 0 saturated carbocycles. The summed E-state index contributed by atoms with van der Waals surface area (Å²) in [6, 6.07) is 0. The maximum Gasteiger partial charge on any atom is 0.312 e. The zero-order valence-electron chi connectivity index (χ0n) is 14.0. The Bertz CT molecular complexity index is 472. The van der Waals surface area contributed by atoms with Crippen LogP contribution in [0.1, 0.15) is 57.4 Å². The van der Waals surface area contributed by atoms with E-state index in [4.69, 9.17) is 9.66 Å². The minimum Gasteiger partial charge on any atom is -0.414 e. The molecule has 196 valence electrons. The molecule has 0 bridgehead atoms. The van der Waals surface area contributed by atoms with Crippen LogP contribution in [0.3, 0.4) is 0 Å². The van der Waals surface area contributed by atoms with E-state index in [0.717, 1.165) is 0 Å². The van der Waals surface area contributed by atoms with Gasteiger partial charge in [0.1, 0.15) is 0 Å². The van der Waals surface area contributed by atoms with Crippen LogP contribution in [0.15, 0.2) is 0 Å². The summed E-state index contributed by atoms with van der Waals surface area (Å²) in [4.78, 5) is 0. The van der Waals surface area contributed by atoms with Crippen molar-refractivity contribution < 1.29 is 66.4 Å². The van der Waals surface area contributed by atoms with Crippen LogP contribution >= 0.6 is 0 Å². The van der Waals surface area contributed by atoms with Crippen LogP contribution in [0.25, 0.3) is 0 Å². The van der Waals surface area contributed by atoms with E-state index in [1.165, 1.54) is 0 Å². The Morgan fingerprint density at radius 1 is 0.645 bits per heavy atom. The van der Waals surface area contributed by atoms with Crippen molar-refractivity contribution in [2.24, 2.45) is 0 Å². The van der Waals surface area contributed by atoms with Crippen LogP contribution in [0.5, 0.6) is 0 Å². The predicted molar refractivity (Wildman–Crippen MR) is 92.5 cm³/mol. The van der Waals surface area contributed by atoms with Crippen molar-refractivity contribution >= 4 is 10.1 Å². The monoisotopic (exact) mass is 770 g/mol. The van der Waals surface area contributed by atoms with Crippen molar-refractivity contribution in [3.05, 3.63) is 6.43 Å². The summed E-state index contributed by atoms with van der Waals surface area (Å²) in [6.07, 6.45) is -3.66. The van der Waals surface area contributed by atoms with Crippen LogP contribution in [0.2, 0.25) is 0 Å². The first-order chi connectivity index (χ1) is 10.7. The summed E-state index contributed by atoms with van der Waals surface area (Å²) in [6.45, 7) is 1.10. The molecule has 0 rings (SSSR count). The van der Waals surface area contributed by atoms with Crippen LogP contribution < -0.4 is 0 Å². The van der Waals surface area contributed by atoms with Crippen molar-refractivity contribution in [1.29, 1.82) is 0 Å². The molecule has 0 saturated heterocycles. The number of alkyl halides is 9. The second kappa shape index (κ2) is 15.0. The fraction of sp³-hybridized carbons (Fsp3) is 0.929. The SMILES string of the molecule is C.C.C.C.CC(F)(F)C(C)(F)F.CC(O)(F)C(C)(F)F.O=S(=O)(O)C(F)(F)[C-](F)F.[Rf]. The molecule has 0 aliphatic carbocycles. The topological polar surface area (TPSA) is 74.6 Å². The van der Waals surface area contributed by atoms with Crippen LogP contribution in [-0.2, 0) is 10.1 Å². The third-order valence-corrected chi connectivity index (χ3v) is 2.92. The standard InChI is InChI=1S/C4H6F4.C4H7F3O.C2HF4O3S.4CH4.Rf/c2*1-3(5,6)4(2,7)8;3-1(4)2(5,6)10(7,8)9;;;;;/h1-2H3;8H,1-2H3;(H,7,8,9);4*1H4;/q;;-1;;;;;. The average molecular weight is 770 g/mol. The predicted octanol–water partition coefficient (Wildman–Crippen LogP) is 7.06. The third-order valence-electron chi connectivity index (χ3n) is 2.12. The van der Waals surface area contributed by atoms with Gasteiger partial charge in [-0.05, 0) is 0 Å². The van der Waals surface area contributed by atoms with Crippen molar-refractivity contribution in [2.75, 3.05) is 0 Å². The molecule has 17 heteroatoms. The normalized spacial score (nSPS) is 13.5.